The van der Waals surface area contributed by atoms with E-state index in [1.807, 2.05) is 47.5 Å². The molecular weight excluding hydrogens is 288 g/mol. The van der Waals surface area contributed by atoms with Gasteiger partial charge in [-0.1, -0.05) is 0 Å². The molecule has 1 aliphatic heterocycles. The van der Waals surface area contributed by atoms with Gasteiger partial charge < -0.3 is 14.6 Å². The number of aliphatic hydroxyl groups is 1. The Balaban J connectivity index is 1.92. The fourth-order valence-electron chi connectivity index (χ4n) is 3.10. The largest absolute Gasteiger partial charge is 0.394 e. The molecule has 0 saturated carbocycles. The Kier molecular flexibility index (Phi) is 3.11. The molecule has 0 spiro atoms. The Morgan fingerprint density at radius 1 is 1.13 bits per heavy atom. The highest BCUT2D eigenvalue weighted by Crippen LogP contribution is 2.42. The third-order valence-corrected chi connectivity index (χ3v) is 4.13. The van der Waals surface area contributed by atoms with E-state index >= 15 is 0 Å². The summed E-state index contributed by atoms with van der Waals surface area (Å²) >= 11 is 0. The molecule has 0 radical (unpaired) electrons. The van der Waals surface area contributed by atoms with E-state index < -0.39 is 0 Å². The van der Waals surface area contributed by atoms with Gasteiger partial charge in [-0.25, -0.2) is 4.98 Å². The van der Waals surface area contributed by atoms with Crippen LogP contribution in [0.25, 0.3) is 5.69 Å². The molecule has 1 unspecified atom stereocenters. The molecule has 0 saturated heterocycles. The molecular formula is C18H14N4O. The van der Waals surface area contributed by atoms with E-state index in [1.165, 1.54) is 0 Å². The van der Waals surface area contributed by atoms with E-state index in [1.54, 1.807) is 18.3 Å². The molecule has 3 heterocycles. The lowest BCUT2D eigenvalue weighted by Crippen LogP contribution is -2.33. The molecule has 0 aliphatic carbocycles. The zero-order valence-corrected chi connectivity index (χ0v) is 12.3. The maximum atomic E-state index is 9.98. The minimum Gasteiger partial charge on any atom is -0.394 e. The molecule has 3 aromatic rings. The van der Waals surface area contributed by atoms with E-state index in [-0.39, 0.29) is 12.6 Å². The van der Waals surface area contributed by atoms with Crippen molar-refractivity contribution >= 4 is 11.5 Å². The molecule has 0 bridgehead atoms. The summed E-state index contributed by atoms with van der Waals surface area (Å²) in [5.41, 5.74) is 3.49. The smallest absolute Gasteiger partial charge is 0.158 e. The third kappa shape index (κ3) is 2.00. The monoisotopic (exact) mass is 302 g/mol. The van der Waals surface area contributed by atoms with Gasteiger partial charge in [-0.15, -0.1) is 0 Å². The highest BCUT2D eigenvalue weighted by Gasteiger charge is 2.32. The Bertz CT molecular complexity index is 892. The van der Waals surface area contributed by atoms with Gasteiger partial charge in [-0.05, 0) is 48.5 Å². The molecule has 4 rings (SSSR count). The molecule has 5 heteroatoms. The summed E-state index contributed by atoms with van der Waals surface area (Å²) in [6.07, 6.45) is 3.73. The van der Waals surface area contributed by atoms with Gasteiger partial charge in [0.1, 0.15) is 0 Å². The minimum atomic E-state index is -0.222. The number of benzene rings is 1. The van der Waals surface area contributed by atoms with Crippen molar-refractivity contribution in [3.8, 4) is 11.8 Å². The van der Waals surface area contributed by atoms with E-state index in [4.69, 9.17) is 5.26 Å². The van der Waals surface area contributed by atoms with Crippen molar-refractivity contribution in [3.63, 3.8) is 0 Å². The van der Waals surface area contributed by atoms with E-state index in [9.17, 15) is 5.11 Å². The summed E-state index contributed by atoms with van der Waals surface area (Å²) in [5.74, 6) is 0.792. The predicted molar refractivity (Wildman–Crippen MR) is 86.7 cm³/mol. The van der Waals surface area contributed by atoms with Crippen molar-refractivity contribution in [2.24, 2.45) is 0 Å². The second kappa shape index (κ2) is 5.27. The first-order valence-corrected chi connectivity index (χ1v) is 7.36. The first-order valence-electron chi connectivity index (χ1n) is 7.36. The van der Waals surface area contributed by atoms with Gasteiger partial charge in [-0.2, -0.15) is 5.26 Å². The minimum absolute atomic E-state index is 0.0277. The average molecular weight is 302 g/mol. The Morgan fingerprint density at radius 2 is 1.96 bits per heavy atom. The summed E-state index contributed by atoms with van der Waals surface area (Å²) in [5, 5.41) is 19.0. The molecule has 5 nitrogen and oxygen atoms in total. The Labute approximate surface area is 133 Å². The van der Waals surface area contributed by atoms with Crippen molar-refractivity contribution in [2.45, 2.75) is 6.04 Å². The number of nitriles is 1. The van der Waals surface area contributed by atoms with Crippen molar-refractivity contribution in [3.05, 3.63) is 72.2 Å². The van der Waals surface area contributed by atoms with Gasteiger partial charge in [0.2, 0.25) is 0 Å². The highest BCUT2D eigenvalue weighted by molar-refractivity contribution is 5.72. The number of rotatable bonds is 2. The Hall–Kier alpha value is -3.10. The van der Waals surface area contributed by atoms with Crippen LogP contribution in [0.15, 0.2) is 60.9 Å². The maximum Gasteiger partial charge on any atom is 0.158 e. The van der Waals surface area contributed by atoms with E-state index in [0.717, 1.165) is 22.9 Å². The number of pyridine rings is 1. The summed E-state index contributed by atoms with van der Waals surface area (Å²) in [4.78, 5) is 6.54. The van der Waals surface area contributed by atoms with Crippen molar-refractivity contribution in [2.75, 3.05) is 11.5 Å². The normalized spacial score (nSPS) is 15.7. The number of fused-ring (bicyclic) bond motifs is 3. The lowest BCUT2D eigenvalue weighted by Gasteiger charge is -2.37. The molecule has 0 amide bonds. The average Bonchev–Trinajstić information content (AvgIpc) is 3.10. The molecule has 112 valence electrons. The van der Waals surface area contributed by atoms with Crippen LogP contribution >= 0.6 is 0 Å². The standard InChI is InChI=1S/C18H14N4O/c19-11-13-5-7-14(8-6-13)22-17(12-23)15-4-2-10-21(15)16-3-1-9-20-18(16)22/h1-10,17,23H,12H2. The molecule has 23 heavy (non-hydrogen) atoms. The van der Waals surface area contributed by atoms with Gasteiger partial charge >= 0.3 is 0 Å². The van der Waals surface area contributed by atoms with Gasteiger partial charge in [-0.3, -0.25) is 0 Å². The number of hydrogen-bond donors (Lipinski definition) is 1. The summed E-state index contributed by atoms with van der Waals surface area (Å²) in [6, 6.07) is 17.1. The van der Waals surface area contributed by atoms with Crippen LogP contribution in [0, 0.1) is 11.3 Å². The molecule has 2 aromatic heterocycles. The van der Waals surface area contributed by atoms with Crippen LogP contribution < -0.4 is 4.90 Å². The van der Waals surface area contributed by atoms with Gasteiger partial charge in [0.25, 0.3) is 0 Å². The summed E-state index contributed by atoms with van der Waals surface area (Å²) in [7, 11) is 0. The van der Waals surface area contributed by atoms with Crippen LogP contribution in [0.1, 0.15) is 17.3 Å². The van der Waals surface area contributed by atoms with Crippen molar-refractivity contribution in [1.82, 2.24) is 9.55 Å². The first-order chi connectivity index (χ1) is 11.3. The lowest BCUT2D eigenvalue weighted by molar-refractivity contribution is 0.261. The number of aliphatic hydroxyl groups excluding tert-OH is 1. The quantitative estimate of drug-likeness (QED) is 0.790. The van der Waals surface area contributed by atoms with Crippen LogP contribution in [-0.2, 0) is 0 Å². The van der Waals surface area contributed by atoms with Crippen LogP contribution in [-0.4, -0.2) is 21.3 Å². The summed E-state index contributed by atoms with van der Waals surface area (Å²) in [6.45, 7) is -0.0277. The van der Waals surface area contributed by atoms with Crippen LogP contribution in [0.3, 0.4) is 0 Å². The predicted octanol–water partition coefficient (Wildman–Crippen LogP) is 2.93. The van der Waals surface area contributed by atoms with Crippen LogP contribution in [0.5, 0.6) is 0 Å². The van der Waals surface area contributed by atoms with E-state index in [2.05, 4.69) is 15.6 Å². The fraction of sp³-hybridized carbons (Fsp3) is 0.111. The zero-order chi connectivity index (χ0) is 15.8. The van der Waals surface area contributed by atoms with Gasteiger partial charge in [0, 0.05) is 23.8 Å². The lowest BCUT2D eigenvalue weighted by atomic mass is 10.1. The highest BCUT2D eigenvalue weighted by atomic mass is 16.3. The Morgan fingerprint density at radius 3 is 2.70 bits per heavy atom. The molecule has 1 aliphatic rings. The molecule has 1 atom stereocenters. The molecule has 1 aromatic carbocycles. The van der Waals surface area contributed by atoms with Crippen molar-refractivity contribution < 1.29 is 5.11 Å². The second-order valence-electron chi connectivity index (χ2n) is 5.38. The van der Waals surface area contributed by atoms with E-state index in [0.29, 0.717) is 5.56 Å². The number of nitrogens with zero attached hydrogens (tertiary/aromatic N) is 4. The zero-order valence-electron chi connectivity index (χ0n) is 12.3. The molecule has 0 fully saturated rings. The van der Waals surface area contributed by atoms with Crippen molar-refractivity contribution in [1.29, 1.82) is 5.26 Å². The van der Waals surface area contributed by atoms with Crippen LogP contribution in [0.4, 0.5) is 11.5 Å². The third-order valence-electron chi connectivity index (χ3n) is 4.13. The second-order valence-corrected chi connectivity index (χ2v) is 5.38. The van der Waals surface area contributed by atoms with Gasteiger partial charge in [0.15, 0.2) is 5.82 Å². The fourth-order valence-corrected chi connectivity index (χ4v) is 3.10. The SMILES string of the molecule is N#Cc1ccc(N2c3ncccc3-n3cccc3C2CO)cc1. The van der Waals surface area contributed by atoms with Gasteiger partial charge in [0.05, 0.1) is 30.0 Å². The molecule has 1 N–H and O–H groups in total. The first kappa shape index (κ1) is 13.6. The van der Waals surface area contributed by atoms with Crippen LogP contribution in [0.2, 0.25) is 0 Å². The number of aromatic nitrogens is 2. The topological polar surface area (TPSA) is 65.1 Å². The maximum absolute atomic E-state index is 9.98. The number of hydrogen-bond acceptors (Lipinski definition) is 4. The number of anilines is 2. The summed E-state index contributed by atoms with van der Waals surface area (Å²) < 4.78 is 2.06.